The number of anilines is 1. The number of carbonyl (C=O) groups excluding carboxylic acids is 1. The van der Waals surface area contributed by atoms with E-state index >= 15 is 0 Å². The number of nitrogens with zero attached hydrogens (tertiary/aromatic N) is 2. The topological polar surface area (TPSA) is 80.4 Å². The predicted octanol–water partition coefficient (Wildman–Crippen LogP) is 4.55. The van der Waals surface area contributed by atoms with Crippen molar-refractivity contribution in [1.29, 1.82) is 0 Å². The van der Waals surface area contributed by atoms with Gasteiger partial charge in [-0.25, -0.2) is 4.39 Å². The van der Waals surface area contributed by atoms with Crippen LogP contribution in [0.4, 0.5) is 23.2 Å². The van der Waals surface area contributed by atoms with Gasteiger partial charge in [-0.05, 0) is 43.2 Å². The van der Waals surface area contributed by atoms with Crippen LogP contribution in [0.2, 0.25) is 0 Å². The van der Waals surface area contributed by atoms with E-state index in [9.17, 15) is 22.4 Å². The minimum Gasteiger partial charge on any atom is -0.379 e. The number of alkyl halides is 3. The lowest BCUT2D eigenvalue weighted by atomic mass is 9.84. The number of benzene rings is 1. The van der Waals surface area contributed by atoms with Crippen molar-refractivity contribution in [2.24, 2.45) is 10.7 Å². The fraction of sp³-hybridized carbons (Fsp3) is 0.316. The van der Waals surface area contributed by atoms with Crippen molar-refractivity contribution >= 4 is 28.5 Å². The van der Waals surface area contributed by atoms with Crippen molar-refractivity contribution in [3.8, 4) is 0 Å². The molecule has 1 aromatic heterocycles. The molecule has 0 spiro atoms. The van der Waals surface area contributed by atoms with E-state index in [1.54, 1.807) is 0 Å². The molecule has 1 amide bonds. The Morgan fingerprint density at radius 3 is 2.76 bits per heavy atom. The maximum absolute atomic E-state index is 14.6. The average Bonchev–Trinajstić information content (AvgIpc) is 2.68. The first kappa shape index (κ1) is 21.1. The average molecular weight is 426 g/mol. The van der Waals surface area contributed by atoms with E-state index in [2.05, 4.69) is 15.3 Å². The number of amidine groups is 1. The van der Waals surface area contributed by atoms with Gasteiger partial charge in [0.25, 0.3) is 5.91 Å². The summed E-state index contributed by atoms with van der Waals surface area (Å²) in [6, 6.07) is 5.70. The van der Waals surface area contributed by atoms with E-state index in [0.29, 0.717) is 23.8 Å². The summed E-state index contributed by atoms with van der Waals surface area (Å²) in [5.41, 5.74) is 3.42. The predicted molar refractivity (Wildman–Crippen MR) is 104 cm³/mol. The Labute approximate surface area is 168 Å². The Morgan fingerprint density at radius 1 is 1.34 bits per heavy atom. The number of carbonyl (C=O) groups is 1. The number of aromatic nitrogens is 1. The zero-order chi connectivity index (χ0) is 21.2. The second-order valence-electron chi connectivity index (χ2n) is 6.48. The molecule has 3 N–H and O–H groups in total. The van der Waals surface area contributed by atoms with Crippen LogP contribution < -0.4 is 11.1 Å². The highest BCUT2D eigenvalue weighted by Crippen LogP contribution is 2.40. The first-order valence-corrected chi connectivity index (χ1v) is 9.76. The Bertz CT molecular complexity index is 963. The van der Waals surface area contributed by atoms with Gasteiger partial charge in [-0.15, -0.1) is 0 Å². The van der Waals surface area contributed by atoms with Gasteiger partial charge in [-0.1, -0.05) is 18.7 Å². The van der Waals surface area contributed by atoms with Crippen molar-refractivity contribution in [2.45, 2.75) is 31.5 Å². The van der Waals surface area contributed by atoms with E-state index in [1.807, 2.05) is 6.92 Å². The molecule has 0 saturated heterocycles. The van der Waals surface area contributed by atoms with Gasteiger partial charge in [0.05, 0.1) is 11.1 Å². The lowest BCUT2D eigenvalue weighted by Gasteiger charge is -2.33. The maximum Gasteiger partial charge on any atom is 0.418 e. The van der Waals surface area contributed by atoms with Crippen LogP contribution in [0.25, 0.3) is 0 Å². The third-order valence-electron chi connectivity index (χ3n) is 4.73. The Hall–Kier alpha value is -2.62. The lowest BCUT2D eigenvalue weighted by molar-refractivity contribution is -0.138. The fourth-order valence-corrected chi connectivity index (χ4v) is 4.12. The Morgan fingerprint density at radius 2 is 2.10 bits per heavy atom. The van der Waals surface area contributed by atoms with Gasteiger partial charge >= 0.3 is 6.18 Å². The molecule has 29 heavy (non-hydrogen) atoms. The summed E-state index contributed by atoms with van der Waals surface area (Å²) in [7, 11) is 0. The summed E-state index contributed by atoms with van der Waals surface area (Å²) < 4.78 is 54.0. The molecule has 1 unspecified atom stereocenters. The number of aliphatic imine (C=N–C) groups is 1. The third kappa shape index (κ3) is 4.36. The molecule has 2 aromatic rings. The highest BCUT2D eigenvalue weighted by atomic mass is 32.2. The zero-order valence-corrected chi connectivity index (χ0v) is 16.2. The van der Waals surface area contributed by atoms with Crippen LogP contribution in [0.5, 0.6) is 0 Å². The summed E-state index contributed by atoms with van der Waals surface area (Å²) in [4.78, 5) is 20.4. The van der Waals surface area contributed by atoms with Crippen molar-refractivity contribution in [1.82, 2.24) is 4.98 Å². The molecular formula is C19H18F4N4OS. The van der Waals surface area contributed by atoms with Crippen LogP contribution in [-0.2, 0) is 11.7 Å². The molecule has 1 aliphatic rings. The molecule has 1 atom stereocenters. The van der Waals surface area contributed by atoms with Crippen LogP contribution in [0.3, 0.4) is 0 Å². The molecule has 0 radical (unpaired) electrons. The third-order valence-corrected chi connectivity index (χ3v) is 5.52. The largest absolute Gasteiger partial charge is 0.418 e. The highest BCUT2D eigenvalue weighted by Gasteiger charge is 2.37. The van der Waals surface area contributed by atoms with Crippen molar-refractivity contribution in [3.05, 3.63) is 59.2 Å². The number of hydrogen-bond acceptors (Lipinski definition) is 5. The van der Waals surface area contributed by atoms with Gasteiger partial charge < -0.3 is 11.1 Å². The first-order chi connectivity index (χ1) is 13.7. The van der Waals surface area contributed by atoms with Crippen molar-refractivity contribution in [2.75, 3.05) is 11.1 Å². The standard InChI is InChI=1S/C19H18F4N4OS/c1-2-18(7-9-29-17(24)27-18)13-10-11(5-6-14(13)20)26-16(28)15-12(19(21,22)23)4-3-8-25-15/h3-6,8,10H,2,7,9H2,1H3,(H2,24,27)(H,26,28). The number of nitrogens with one attached hydrogen (secondary N) is 1. The fourth-order valence-electron chi connectivity index (χ4n) is 3.23. The monoisotopic (exact) mass is 426 g/mol. The summed E-state index contributed by atoms with van der Waals surface area (Å²) in [6.07, 6.45) is -2.61. The second kappa shape index (κ2) is 8.02. The van der Waals surface area contributed by atoms with Crippen molar-refractivity contribution in [3.63, 3.8) is 0 Å². The molecule has 0 aliphatic carbocycles. The summed E-state index contributed by atoms with van der Waals surface area (Å²) in [5.74, 6) is -0.910. The number of rotatable bonds is 4. The molecule has 1 aliphatic heterocycles. The van der Waals surface area contributed by atoms with E-state index in [-0.39, 0.29) is 11.3 Å². The number of pyridine rings is 1. The normalized spacial score (nSPS) is 19.6. The smallest absolute Gasteiger partial charge is 0.379 e. The lowest BCUT2D eigenvalue weighted by Crippen LogP contribution is -2.32. The molecule has 10 heteroatoms. The van der Waals surface area contributed by atoms with Gasteiger partial charge in [0.1, 0.15) is 11.5 Å². The van der Waals surface area contributed by atoms with Crippen LogP contribution in [0, 0.1) is 5.82 Å². The van der Waals surface area contributed by atoms with Crippen LogP contribution in [0.15, 0.2) is 41.5 Å². The summed E-state index contributed by atoms with van der Waals surface area (Å²) >= 11 is 1.37. The van der Waals surface area contributed by atoms with Gasteiger partial charge in [-0.2, -0.15) is 13.2 Å². The first-order valence-electron chi connectivity index (χ1n) is 8.78. The Balaban J connectivity index is 1.96. The zero-order valence-electron chi connectivity index (χ0n) is 15.4. The van der Waals surface area contributed by atoms with Gasteiger partial charge in [0.15, 0.2) is 5.17 Å². The van der Waals surface area contributed by atoms with E-state index in [0.717, 1.165) is 24.4 Å². The number of hydrogen-bond donors (Lipinski definition) is 2. The van der Waals surface area contributed by atoms with Crippen molar-refractivity contribution < 1.29 is 22.4 Å². The number of thioether (sulfide) groups is 1. The second-order valence-corrected chi connectivity index (χ2v) is 7.59. The minimum absolute atomic E-state index is 0.144. The number of halogens is 4. The molecule has 1 aromatic carbocycles. The number of nitrogens with two attached hydrogens (primary N) is 1. The van der Waals surface area contributed by atoms with Gasteiger partial charge in [0.2, 0.25) is 0 Å². The van der Waals surface area contributed by atoms with Gasteiger partial charge in [0, 0.05) is 23.2 Å². The Kier molecular flexibility index (Phi) is 5.83. The number of amides is 1. The SMILES string of the molecule is CCC1(c2cc(NC(=O)c3ncccc3C(F)(F)F)ccc2F)CCSC(N)=N1. The molecule has 2 heterocycles. The van der Waals surface area contributed by atoms with Crippen LogP contribution in [-0.4, -0.2) is 21.8 Å². The van der Waals surface area contributed by atoms with Gasteiger partial charge in [-0.3, -0.25) is 14.8 Å². The van der Waals surface area contributed by atoms with Crippen LogP contribution >= 0.6 is 11.8 Å². The van der Waals surface area contributed by atoms with E-state index in [4.69, 9.17) is 5.73 Å². The maximum atomic E-state index is 14.6. The molecule has 3 rings (SSSR count). The summed E-state index contributed by atoms with van der Waals surface area (Å²) in [5, 5.41) is 2.72. The molecule has 154 valence electrons. The molecule has 0 bridgehead atoms. The molecular weight excluding hydrogens is 408 g/mol. The van der Waals surface area contributed by atoms with E-state index in [1.165, 1.54) is 23.9 Å². The minimum atomic E-state index is -4.73. The molecule has 0 fully saturated rings. The highest BCUT2D eigenvalue weighted by molar-refractivity contribution is 8.13. The molecule has 5 nitrogen and oxygen atoms in total. The quantitative estimate of drug-likeness (QED) is 0.703. The van der Waals surface area contributed by atoms with Crippen LogP contribution in [0.1, 0.15) is 41.4 Å². The summed E-state index contributed by atoms with van der Waals surface area (Å²) in [6.45, 7) is 1.85. The molecule has 0 saturated carbocycles. The van der Waals surface area contributed by atoms with E-state index < -0.39 is 34.7 Å².